The molecule has 1 heterocycles. The first-order valence-corrected chi connectivity index (χ1v) is 3.80. The molecule has 0 saturated carbocycles. The Balaban J connectivity index is -0.0000000875. The summed E-state index contributed by atoms with van der Waals surface area (Å²) in [4.78, 5) is 0. The molecule has 0 spiro atoms. The van der Waals surface area contributed by atoms with Crippen molar-refractivity contribution in [3.05, 3.63) is 24.6 Å². The third kappa shape index (κ3) is 15.7. The van der Waals surface area contributed by atoms with Crippen molar-refractivity contribution in [3.63, 3.8) is 0 Å². The molecule has 0 aromatic carbocycles. The number of nitrogens with zero attached hydrogens (tertiary/aromatic N) is 1. The van der Waals surface area contributed by atoms with Crippen LogP contribution >= 0.6 is 11.5 Å². The summed E-state index contributed by atoms with van der Waals surface area (Å²) >= 11 is 1.41. The Morgan fingerprint density at radius 2 is 1.90 bits per heavy atom. The zero-order chi connectivity index (χ0) is 7.54. The standard InChI is InChI=1S/C3H2NS.C2H6.C2H5.V/c1-2-4-5-3-1;2*1-2;/h2-3H;1-2H3;1H2,2H3;/q-1;;-1;+2. The maximum atomic E-state index is 3.71. The number of hydrogen-bond acceptors (Lipinski definition) is 2. The Morgan fingerprint density at radius 1 is 1.40 bits per heavy atom. The number of hydrogen-bond donors (Lipinski definition) is 0. The Hall–Kier alpha value is 0.214. The Labute approximate surface area is 79.9 Å². The zero-order valence-corrected chi connectivity index (χ0v) is 8.88. The van der Waals surface area contributed by atoms with Gasteiger partial charge in [0.1, 0.15) is 0 Å². The summed E-state index contributed by atoms with van der Waals surface area (Å²) in [7, 11) is 0. The van der Waals surface area contributed by atoms with Crippen LogP contribution in [0.15, 0.2) is 11.6 Å². The molecular weight excluding hydrogens is 181 g/mol. The van der Waals surface area contributed by atoms with Crippen LogP contribution in [-0.4, -0.2) is 4.37 Å². The normalized spacial score (nSPS) is 5.20. The summed E-state index contributed by atoms with van der Waals surface area (Å²) in [5.41, 5.74) is 0. The van der Waals surface area contributed by atoms with Crippen LogP contribution in [0.5, 0.6) is 0 Å². The fourth-order valence-electron chi connectivity index (χ4n) is 0.152. The minimum Gasteiger partial charge on any atom is -0.440 e. The predicted molar refractivity (Wildman–Crippen MR) is 43.3 cm³/mol. The molecule has 0 N–H and O–H groups in total. The largest absolute Gasteiger partial charge is 2.00 e. The van der Waals surface area contributed by atoms with Crippen molar-refractivity contribution >= 4 is 11.5 Å². The van der Waals surface area contributed by atoms with Crippen molar-refractivity contribution in [2.75, 3.05) is 0 Å². The van der Waals surface area contributed by atoms with Gasteiger partial charge in [0, 0.05) is 0 Å². The van der Waals surface area contributed by atoms with E-state index in [1.807, 2.05) is 13.8 Å². The second-order valence-corrected chi connectivity index (χ2v) is 1.28. The summed E-state index contributed by atoms with van der Waals surface area (Å²) < 4.78 is 3.71. The van der Waals surface area contributed by atoms with E-state index in [0.29, 0.717) is 0 Å². The Morgan fingerprint density at radius 3 is 2.00 bits per heavy atom. The van der Waals surface area contributed by atoms with Gasteiger partial charge in [-0.2, -0.15) is 12.3 Å². The molecule has 0 amide bonds. The van der Waals surface area contributed by atoms with E-state index in [4.69, 9.17) is 0 Å². The average Bonchev–Trinajstić information content (AvgIpc) is 2.51. The second kappa shape index (κ2) is 22.9. The maximum absolute atomic E-state index is 3.71. The van der Waals surface area contributed by atoms with E-state index in [9.17, 15) is 0 Å². The van der Waals surface area contributed by atoms with Gasteiger partial charge in [0.25, 0.3) is 0 Å². The van der Waals surface area contributed by atoms with E-state index in [2.05, 4.69) is 17.4 Å². The van der Waals surface area contributed by atoms with Gasteiger partial charge in [0.05, 0.1) is 0 Å². The van der Waals surface area contributed by atoms with E-state index in [0.717, 1.165) is 0 Å². The average molecular weight is 194 g/mol. The molecule has 0 aliphatic heterocycles. The molecule has 1 rings (SSSR count). The second-order valence-electron chi connectivity index (χ2n) is 0.624. The van der Waals surface area contributed by atoms with Crippen LogP contribution in [0, 0.1) is 13.0 Å². The molecule has 3 heteroatoms. The van der Waals surface area contributed by atoms with Crippen molar-refractivity contribution in [2.24, 2.45) is 0 Å². The molecule has 1 aromatic rings. The number of aromatic nitrogens is 1. The molecule has 0 aliphatic carbocycles. The van der Waals surface area contributed by atoms with Crippen molar-refractivity contribution < 1.29 is 18.6 Å². The van der Waals surface area contributed by atoms with E-state index in [-0.39, 0.29) is 18.6 Å². The van der Waals surface area contributed by atoms with Crippen molar-refractivity contribution in [1.29, 1.82) is 0 Å². The van der Waals surface area contributed by atoms with Gasteiger partial charge in [-0.1, -0.05) is 25.4 Å². The van der Waals surface area contributed by atoms with Crippen molar-refractivity contribution in [2.45, 2.75) is 20.8 Å². The molecule has 0 aliphatic rings. The fraction of sp³-hybridized carbons (Fsp3) is 0.429. The van der Waals surface area contributed by atoms with Gasteiger partial charge in [-0.3, -0.25) is 0 Å². The van der Waals surface area contributed by atoms with Gasteiger partial charge < -0.3 is 13.0 Å². The molecule has 0 atom stereocenters. The molecule has 0 bridgehead atoms. The van der Waals surface area contributed by atoms with Gasteiger partial charge >= 0.3 is 18.6 Å². The summed E-state index contributed by atoms with van der Waals surface area (Å²) in [5.74, 6) is 0. The van der Waals surface area contributed by atoms with Gasteiger partial charge in [-0.25, -0.2) is 4.37 Å². The minimum atomic E-state index is 0. The van der Waals surface area contributed by atoms with Crippen LogP contribution in [-0.2, 0) is 18.6 Å². The van der Waals surface area contributed by atoms with Crippen LogP contribution in [0.25, 0.3) is 0 Å². The van der Waals surface area contributed by atoms with E-state index < -0.39 is 0 Å². The van der Waals surface area contributed by atoms with Crippen molar-refractivity contribution in [3.8, 4) is 0 Å². The Kier molecular flexibility index (Phi) is 38.1. The van der Waals surface area contributed by atoms with Gasteiger partial charge in [-0.15, -0.1) is 6.20 Å². The number of rotatable bonds is 0. The van der Waals surface area contributed by atoms with E-state index in [1.165, 1.54) is 11.5 Å². The van der Waals surface area contributed by atoms with Gasteiger partial charge in [-0.05, 0) is 0 Å². The topological polar surface area (TPSA) is 12.9 Å². The van der Waals surface area contributed by atoms with Crippen LogP contribution in [0.1, 0.15) is 20.8 Å². The minimum absolute atomic E-state index is 0. The summed E-state index contributed by atoms with van der Waals surface area (Å²) in [6.07, 6.45) is 1.64. The molecule has 10 heavy (non-hydrogen) atoms. The van der Waals surface area contributed by atoms with E-state index >= 15 is 0 Å². The van der Waals surface area contributed by atoms with Crippen molar-refractivity contribution in [1.82, 2.24) is 4.37 Å². The molecule has 0 fully saturated rings. The summed E-state index contributed by atoms with van der Waals surface area (Å²) in [5, 5.41) is 1.81. The molecule has 57 valence electrons. The first kappa shape index (κ1) is 16.7. The van der Waals surface area contributed by atoms with Crippen LogP contribution in [0.2, 0.25) is 0 Å². The summed E-state index contributed by atoms with van der Waals surface area (Å²) in [6.45, 7) is 9.00. The molecular formula is C7H13NSV. The van der Waals surface area contributed by atoms with Gasteiger partial charge in [0.2, 0.25) is 0 Å². The smallest absolute Gasteiger partial charge is 0.440 e. The van der Waals surface area contributed by atoms with Crippen LogP contribution in [0.4, 0.5) is 0 Å². The molecule has 0 saturated heterocycles. The zero-order valence-electron chi connectivity index (χ0n) is 6.66. The van der Waals surface area contributed by atoms with E-state index in [1.54, 1.807) is 18.5 Å². The third-order valence-electron chi connectivity index (χ3n) is 0.309. The molecule has 0 unspecified atom stereocenters. The maximum Gasteiger partial charge on any atom is 2.00 e. The van der Waals surface area contributed by atoms with Crippen LogP contribution in [0.3, 0.4) is 0 Å². The summed E-state index contributed by atoms with van der Waals surface area (Å²) in [6, 6.07) is 2.77. The quantitative estimate of drug-likeness (QED) is 0.579. The third-order valence-corrected chi connectivity index (χ3v) is 0.777. The SMILES string of the molecule is CC.[CH2-]C.[V+2].[c-]1cnsc1. The molecule has 1 nitrogen and oxygen atoms in total. The Bertz CT molecular complexity index is 70.1. The molecule has 1 aromatic heterocycles. The monoisotopic (exact) mass is 194 g/mol. The van der Waals surface area contributed by atoms with Gasteiger partial charge in [0.15, 0.2) is 0 Å². The fourth-order valence-corrected chi connectivity index (χ4v) is 0.456. The van der Waals surface area contributed by atoms with Crippen LogP contribution < -0.4 is 0 Å². The first-order chi connectivity index (χ1) is 4.50. The first-order valence-electron chi connectivity index (χ1n) is 2.96. The molecule has 1 radical (unpaired) electrons. The predicted octanol–water partition coefficient (Wildman–Crippen LogP) is 2.81.